The van der Waals surface area contributed by atoms with Crippen molar-refractivity contribution in [2.75, 3.05) is 0 Å². The second-order valence-corrected chi connectivity index (χ2v) is 5.09. The van der Waals surface area contributed by atoms with E-state index in [1.165, 1.54) is 16.4 Å². The minimum atomic E-state index is -0.0522. The zero-order valence-electron chi connectivity index (χ0n) is 7.89. The summed E-state index contributed by atoms with van der Waals surface area (Å²) >= 11 is -0.0522. The van der Waals surface area contributed by atoms with Crippen LogP contribution < -0.4 is 21.2 Å². The van der Waals surface area contributed by atoms with Crippen molar-refractivity contribution in [1.82, 2.24) is 0 Å². The van der Waals surface area contributed by atoms with Crippen molar-refractivity contribution in [3.63, 3.8) is 0 Å². The van der Waals surface area contributed by atoms with Crippen LogP contribution in [-0.4, -0.2) is 0 Å². The van der Waals surface area contributed by atoms with Crippen LogP contribution in [0.2, 0.25) is 0 Å². The monoisotopic (exact) mass is 285 g/mol. The molecule has 0 aliphatic carbocycles. The number of halogens is 1. The van der Waals surface area contributed by atoms with Crippen LogP contribution in [0.1, 0.15) is 26.2 Å². The summed E-state index contributed by atoms with van der Waals surface area (Å²) in [4.78, 5) is 0. The molecular weight excluding hydrogens is 271 g/mol. The van der Waals surface area contributed by atoms with Gasteiger partial charge in [0.1, 0.15) is 0 Å². The van der Waals surface area contributed by atoms with Crippen molar-refractivity contribution in [3.8, 4) is 9.85 Å². The highest BCUT2D eigenvalue weighted by molar-refractivity contribution is 5.00. The number of unbranched alkanes of at least 4 members (excludes halogenated alkanes) is 2. The molecule has 1 aromatic carbocycles. The Morgan fingerprint density at radius 3 is 2.69 bits per heavy atom. The number of hydrogen-bond acceptors (Lipinski definition) is 0. The Kier molecular flexibility index (Phi) is 5.67. The summed E-state index contributed by atoms with van der Waals surface area (Å²) in [7, 11) is 0. The number of benzene rings is 1. The van der Waals surface area contributed by atoms with Gasteiger partial charge in [0, 0.05) is 6.42 Å². The van der Waals surface area contributed by atoms with Gasteiger partial charge in [0.25, 0.3) is 0 Å². The molecule has 0 saturated carbocycles. The molecule has 0 atom stereocenters. The first-order valence-electron chi connectivity index (χ1n) is 4.60. The summed E-state index contributed by atoms with van der Waals surface area (Å²) in [5.41, 5.74) is 0. The molecule has 0 bridgehead atoms. The molecule has 0 fully saturated rings. The van der Waals surface area contributed by atoms with Gasteiger partial charge < -0.3 is 0 Å². The SMILES string of the molecule is CCCCC#C[I+]c1ccccc1. The number of rotatable bonds is 3. The molecule has 0 saturated heterocycles. The smallest absolute Gasteiger partial charge is 0.0653 e. The van der Waals surface area contributed by atoms with Crippen LogP contribution in [0.25, 0.3) is 0 Å². The molecule has 0 aromatic heterocycles. The summed E-state index contributed by atoms with van der Waals surface area (Å²) in [6.07, 6.45) is 3.56. The van der Waals surface area contributed by atoms with Crippen molar-refractivity contribution in [2.45, 2.75) is 26.2 Å². The fourth-order valence-electron chi connectivity index (χ4n) is 0.878. The quantitative estimate of drug-likeness (QED) is 0.420. The van der Waals surface area contributed by atoms with Gasteiger partial charge in [0.2, 0.25) is 3.57 Å². The van der Waals surface area contributed by atoms with Gasteiger partial charge in [-0.1, -0.05) is 31.5 Å². The minimum absolute atomic E-state index is 0.0522. The molecule has 0 aliphatic heterocycles. The van der Waals surface area contributed by atoms with Crippen LogP contribution in [0.5, 0.6) is 0 Å². The molecule has 0 spiro atoms. The van der Waals surface area contributed by atoms with E-state index in [-0.39, 0.29) is 21.2 Å². The third-order valence-electron chi connectivity index (χ3n) is 1.61. The van der Waals surface area contributed by atoms with Crippen LogP contribution in [0.3, 0.4) is 0 Å². The molecule has 0 unspecified atom stereocenters. The van der Waals surface area contributed by atoms with Crippen LogP contribution in [0, 0.1) is 13.4 Å². The molecule has 1 rings (SSSR count). The van der Waals surface area contributed by atoms with E-state index in [0.717, 1.165) is 6.42 Å². The maximum Gasteiger partial charge on any atom is 0.419 e. The fourth-order valence-corrected chi connectivity index (χ4v) is 2.42. The van der Waals surface area contributed by atoms with Gasteiger partial charge in [-0.15, -0.1) is 0 Å². The van der Waals surface area contributed by atoms with E-state index in [0.29, 0.717) is 0 Å². The van der Waals surface area contributed by atoms with Crippen molar-refractivity contribution >= 4 is 0 Å². The van der Waals surface area contributed by atoms with E-state index in [1.54, 1.807) is 0 Å². The summed E-state index contributed by atoms with van der Waals surface area (Å²) in [6.45, 7) is 2.20. The molecular formula is C12H14I+. The van der Waals surface area contributed by atoms with Crippen molar-refractivity contribution in [2.24, 2.45) is 0 Å². The van der Waals surface area contributed by atoms with E-state index >= 15 is 0 Å². The van der Waals surface area contributed by atoms with Gasteiger partial charge in [-0.3, -0.25) is 0 Å². The lowest BCUT2D eigenvalue weighted by molar-refractivity contribution is -0.535. The maximum absolute atomic E-state index is 3.30. The van der Waals surface area contributed by atoms with Crippen LogP contribution in [0.4, 0.5) is 0 Å². The standard InChI is InChI=1S/C12H14I/c1-2-3-4-8-11-13-12-9-6-5-7-10-12/h5-7,9-10H,2-4H2,1H3/q+1. The van der Waals surface area contributed by atoms with Gasteiger partial charge in [-0.25, -0.2) is 0 Å². The molecule has 0 radical (unpaired) electrons. The van der Waals surface area contributed by atoms with Crippen molar-refractivity contribution in [1.29, 1.82) is 0 Å². The normalized spacial score (nSPS) is 9.00. The lowest BCUT2D eigenvalue weighted by atomic mass is 10.3. The van der Waals surface area contributed by atoms with Gasteiger partial charge in [0.05, 0.1) is 0 Å². The maximum atomic E-state index is 3.30. The summed E-state index contributed by atoms with van der Waals surface area (Å²) in [5.74, 6) is 3.23. The molecule has 0 aliphatic rings. The molecule has 0 N–H and O–H groups in total. The highest BCUT2D eigenvalue weighted by Gasteiger charge is 2.05. The summed E-state index contributed by atoms with van der Waals surface area (Å²) in [5, 5.41) is 0. The lowest BCUT2D eigenvalue weighted by Gasteiger charge is -1.80. The Labute approximate surface area is 91.0 Å². The van der Waals surface area contributed by atoms with Gasteiger partial charge >= 0.3 is 21.2 Å². The van der Waals surface area contributed by atoms with Crippen LogP contribution >= 0.6 is 0 Å². The predicted molar refractivity (Wildman–Crippen MR) is 52.4 cm³/mol. The molecule has 0 amide bonds. The Bertz CT molecular complexity index is 279. The molecule has 0 nitrogen and oxygen atoms in total. The molecule has 68 valence electrons. The minimum Gasteiger partial charge on any atom is -0.0653 e. The Morgan fingerprint density at radius 2 is 2.00 bits per heavy atom. The Balaban J connectivity index is 2.29. The van der Waals surface area contributed by atoms with Gasteiger partial charge in [-0.2, -0.15) is 0 Å². The zero-order chi connectivity index (χ0) is 9.36. The Morgan fingerprint density at radius 1 is 1.23 bits per heavy atom. The largest absolute Gasteiger partial charge is 0.419 e. The topological polar surface area (TPSA) is 0 Å². The van der Waals surface area contributed by atoms with Crippen LogP contribution in [0.15, 0.2) is 30.3 Å². The third-order valence-corrected chi connectivity index (χ3v) is 3.60. The second-order valence-electron chi connectivity index (χ2n) is 2.76. The van der Waals surface area contributed by atoms with Crippen LogP contribution in [-0.2, 0) is 0 Å². The average molecular weight is 285 g/mol. The van der Waals surface area contributed by atoms with Gasteiger partial charge in [0.15, 0.2) is 3.93 Å². The predicted octanol–water partition coefficient (Wildman–Crippen LogP) is 0.0963. The molecule has 0 heterocycles. The molecule has 13 heavy (non-hydrogen) atoms. The first kappa shape index (κ1) is 10.6. The zero-order valence-corrected chi connectivity index (χ0v) is 10.0. The van der Waals surface area contributed by atoms with Crippen molar-refractivity contribution < 1.29 is 21.2 Å². The number of hydrogen-bond donors (Lipinski definition) is 0. The van der Waals surface area contributed by atoms with E-state index in [9.17, 15) is 0 Å². The van der Waals surface area contributed by atoms with Gasteiger partial charge in [-0.05, 0) is 24.5 Å². The van der Waals surface area contributed by atoms with Crippen molar-refractivity contribution in [3.05, 3.63) is 33.9 Å². The highest BCUT2D eigenvalue weighted by Crippen LogP contribution is 1.89. The summed E-state index contributed by atoms with van der Waals surface area (Å²) in [6, 6.07) is 10.6. The highest BCUT2D eigenvalue weighted by atomic mass is 127. The molecule has 1 aromatic rings. The third kappa shape index (κ3) is 4.94. The van der Waals surface area contributed by atoms with E-state index in [4.69, 9.17) is 0 Å². The molecule has 1 heteroatoms. The lowest BCUT2D eigenvalue weighted by Crippen LogP contribution is -3.59. The fraction of sp³-hybridized carbons (Fsp3) is 0.333. The first-order chi connectivity index (χ1) is 6.43. The van der Waals surface area contributed by atoms with E-state index in [1.807, 2.05) is 0 Å². The summed E-state index contributed by atoms with van der Waals surface area (Å²) < 4.78 is 4.72. The Hall–Kier alpha value is -0.490. The average Bonchev–Trinajstić information content (AvgIpc) is 2.19. The second kappa shape index (κ2) is 6.97. The first-order valence-corrected chi connectivity index (χ1v) is 6.76. The van der Waals surface area contributed by atoms with E-state index < -0.39 is 0 Å². The van der Waals surface area contributed by atoms with E-state index in [2.05, 4.69) is 47.1 Å².